The first-order chi connectivity index (χ1) is 13.9. The summed E-state index contributed by atoms with van der Waals surface area (Å²) in [5.41, 5.74) is 1.89. The van der Waals surface area contributed by atoms with Crippen molar-refractivity contribution >= 4 is 23.5 Å². The van der Waals surface area contributed by atoms with Crippen molar-refractivity contribution in [2.75, 3.05) is 12.4 Å². The van der Waals surface area contributed by atoms with Crippen LogP contribution in [0.3, 0.4) is 0 Å². The number of hydrogen-bond acceptors (Lipinski definition) is 4. The van der Waals surface area contributed by atoms with E-state index in [1.54, 1.807) is 6.07 Å². The van der Waals surface area contributed by atoms with Gasteiger partial charge in [-0.2, -0.15) is 0 Å². The monoisotopic (exact) mass is 398 g/mol. The maximum Gasteiger partial charge on any atom is 0.335 e. The minimum atomic E-state index is -1.10. The number of aromatic carboxylic acids is 1. The molecule has 2 amide bonds. The maximum absolute atomic E-state index is 12.7. The number of rotatable bonds is 10. The molecule has 0 radical (unpaired) electrons. The first-order valence-corrected chi connectivity index (χ1v) is 9.43. The molecule has 29 heavy (non-hydrogen) atoms. The molecular formula is C22H26N2O5. The van der Waals surface area contributed by atoms with Crippen molar-refractivity contribution in [1.29, 1.82) is 0 Å². The number of amides is 2. The van der Waals surface area contributed by atoms with Gasteiger partial charge in [-0.1, -0.05) is 43.7 Å². The van der Waals surface area contributed by atoms with E-state index in [0.29, 0.717) is 24.1 Å². The van der Waals surface area contributed by atoms with Crippen molar-refractivity contribution < 1.29 is 24.2 Å². The highest BCUT2D eigenvalue weighted by atomic mass is 16.5. The Hall–Kier alpha value is -3.19. The molecule has 0 fully saturated rings. The molecule has 3 N–H and O–H groups in total. The van der Waals surface area contributed by atoms with Gasteiger partial charge in [0, 0.05) is 12.8 Å². The number of nitrogens with one attached hydrogen (secondary N) is 2. The predicted octanol–water partition coefficient (Wildman–Crippen LogP) is 3.00. The average Bonchev–Trinajstić information content (AvgIpc) is 2.68. The Labute approximate surface area is 170 Å². The van der Waals surface area contributed by atoms with Gasteiger partial charge in [0.2, 0.25) is 11.8 Å². The molecular weight excluding hydrogens is 372 g/mol. The molecule has 154 valence electrons. The molecule has 0 aromatic heterocycles. The lowest BCUT2D eigenvalue weighted by atomic mass is 10.1. The molecule has 2 rings (SSSR count). The first-order valence-electron chi connectivity index (χ1n) is 9.43. The molecule has 2 aromatic rings. The zero-order valence-electron chi connectivity index (χ0n) is 16.6. The summed E-state index contributed by atoms with van der Waals surface area (Å²) in [5.74, 6) is -1.73. The molecule has 1 unspecified atom stereocenters. The molecule has 0 spiro atoms. The fraction of sp³-hybridized carbons (Fsp3) is 0.318. The Morgan fingerprint density at radius 3 is 2.41 bits per heavy atom. The largest absolute Gasteiger partial charge is 0.478 e. The van der Waals surface area contributed by atoms with Gasteiger partial charge in [-0.15, -0.1) is 0 Å². The van der Waals surface area contributed by atoms with E-state index in [1.165, 1.54) is 19.2 Å². The maximum atomic E-state index is 12.7. The highest BCUT2D eigenvalue weighted by Gasteiger charge is 2.21. The SMILES string of the molecule is CCCC(NC(=O)Cc1ccccc1)C(=O)Nc1cc(COC)cc(C(=O)O)c1. The van der Waals surface area contributed by atoms with Crippen LogP contribution in [0, 0.1) is 0 Å². The van der Waals surface area contributed by atoms with E-state index in [2.05, 4.69) is 10.6 Å². The lowest BCUT2D eigenvalue weighted by Crippen LogP contribution is -2.44. The van der Waals surface area contributed by atoms with Crippen LogP contribution in [-0.2, 0) is 27.4 Å². The zero-order valence-corrected chi connectivity index (χ0v) is 16.6. The Bertz CT molecular complexity index is 852. The Morgan fingerprint density at radius 2 is 1.79 bits per heavy atom. The molecule has 0 heterocycles. The van der Waals surface area contributed by atoms with Crippen LogP contribution in [0.2, 0.25) is 0 Å². The number of ether oxygens (including phenoxy) is 1. The fourth-order valence-electron chi connectivity index (χ4n) is 2.95. The number of benzene rings is 2. The molecule has 7 heteroatoms. The lowest BCUT2D eigenvalue weighted by molar-refractivity contribution is -0.126. The molecule has 1 atom stereocenters. The van der Waals surface area contributed by atoms with Crippen LogP contribution in [0.4, 0.5) is 5.69 Å². The second kappa shape index (κ2) is 11.0. The highest BCUT2D eigenvalue weighted by molar-refractivity contribution is 5.98. The van der Waals surface area contributed by atoms with Gasteiger partial charge in [0.1, 0.15) is 6.04 Å². The van der Waals surface area contributed by atoms with E-state index in [4.69, 9.17) is 4.74 Å². The van der Waals surface area contributed by atoms with Crippen LogP contribution in [0.15, 0.2) is 48.5 Å². The van der Waals surface area contributed by atoms with E-state index < -0.39 is 12.0 Å². The number of carbonyl (C=O) groups excluding carboxylic acids is 2. The molecule has 2 aromatic carbocycles. The van der Waals surface area contributed by atoms with Gasteiger partial charge in [-0.3, -0.25) is 9.59 Å². The topological polar surface area (TPSA) is 105 Å². The minimum Gasteiger partial charge on any atom is -0.478 e. The van der Waals surface area contributed by atoms with Gasteiger partial charge in [0.05, 0.1) is 18.6 Å². The number of carbonyl (C=O) groups is 3. The zero-order chi connectivity index (χ0) is 21.2. The number of hydrogen-bond donors (Lipinski definition) is 3. The van der Waals surface area contributed by atoms with E-state index in [9.17, 15) is 19.5 Å². The normalized spacial score (nSPS) is 11.5. The van der Waals surface area contributed by atoms with Crippen molar-refractivity contribution in [2.24, 2.45) is 0 Å². The second-order valence-corrected chi connectivity index (χ2v) is 6.72. The van der Waals surface area contributed by atoms with Crippen LogP contribution < -0.4 is 10.6 Å². The molecule has 0 saturated carbocycles. The van der Waals surface area contributed by atoms with Gasteiger partial charge < -0.3 is 20.5 Å². The van der Waals surface area contributed by atoms with Crippen LogP contribution in [0.1, 0.15) is 41.3 Å². The van der Waals surface area contributed by atoms with Gasteiger partial charge in [0.15, 0.2) is 0 Å². The summed E-state index contributed by atoms with van der Waals surface area (Å²) < 4.78 is 5.06. The Kier molecular flexibility index (Phi) is 8.36. The van der Waals surface area contributed by atoms with Gasteiger partial charge >= 0.3 is 5.97 Å². The third-order valence-corrected chi connectivity index (χ3v) is 4.25. The van der Waals surface area contributed by atoms with Gasteiger partial charge in [0.25, 0.3) is 0 Å². The Morgan fingerprint density at radius 1 is 1.07 bits per heavy atom. The second-order valence-electron chi connectivity index (χ2n) is 6.72. The average molecular weight is 398 g/mol. The molecule has 0 aliphatic carbocycles. The van der Waals surface area contributed by atoms with Gasteiger partial charge in [-0.25, -0.2) is 4.79 Å². The number of carboxylic acid groups (broad SMARTS) is 1. The summed E-state index contributed by atoms with van der Waals surface area (Å²) in [7, 11) is 1.51. The summed E-state index contributed by atoms with van der Waals surface area (Å²) >= 11 is 0. The minimum absolute atomic E-state index is 0.0509. The number of carboxylic acids is 1. The van der Waals surface area contributed by atoms with Crippen LogP contribution >= 0.6 is 0 Å². The summed E-state index contributed by atoms with van der Waals surface area (Å²) in [5, 5.41) is 14.8. The summed E-state index contributed by atoms with van der Waals surface area (Å²) in [6.45, 7) is 2.14. The molecule has 0 saturated heterocycles. The van der Waals surface area contributed by atoms with E-state index >= 15 is 0 Å². The van der Waals surface area contributed by atoms with Crippen molar-refractivity contribution in [1.82, 2.24) is 5.32 Å². The molecule has 0 aliphatic heterocycles. The Balaban J connectivity index is 2.10. The third-order valence-electron chi connectivity index (χ3n) is 4.25. The van der Waals surface area contributed by atoms with E-state index in [0.717, 1.165) is 5.56 Å². The molecule has 0 aliphatic rings. The van der Waals surface area contributed by atoms with E-state index in [1.807, 2.05) is 37.3 Å². The first kappa shape index (κ1) is 22.1. The standard InChI is InChI=1S/C22H26N2O5/c1-3-7-19(24-20(25)12-15-8-5-4-6-9-15)21(26)23-18-11-16(14-29-2)10-17(13-18)22(27)28/h4-6,8-11,13,19H,3,7,12,14H2,1-2H3,(H,23,26)(H,24,25)(H,27,28). The third kappa shape index (κ3) is 7.04. The lowest BCUT2D eigenvalue weighted by Gasteiger charge is -2.18. The molecule has 0 bridgehead atoms. The number of methoxy groups -OCH3 is 1. The van der Waals surface area contributed by atoms with Crippen molar-refractivity contribution in [3.05, 3.63) is 65.2 Å². The smallest absolute Gasteiger partial charge is 0.335 e. The van der Waals surface area contributed by atoms with Gasteiger partial charge in [-0.05, 0) is 35.7 Å². The van der Waals surface area contributed by atoms with Crippen molar-refractivity contribution in [3.63, 3.8) is 0 Å². The number of anilines is 1. The van der Waals surface area contributed by atoms with Crippen molar-refractivity contribution in [2.45, 2.75) is 38.8 Å². The predicted molar refractivity (Wildman–Crippen MR) is 110 cm³/mol. The summed E-state index contributed by atoms with van der Waals surface area (Å²) in [6, 6.07) is 13.1. The van der Waals surface area contributed by atoms with Crippen molar-refractivity contribution in [3.8, 4) is 0 Å². The quantitative estimate of drug-likeness (QED) is 0.571. The highest BCUT2D eigenvalue weighted by Crippen LogP contribution is 2.17. The summed E-state index contributed by atoms with van der Waals surface area (Å²) in [6.07, 6.45) is 1.35. The van der Waals surface area contributed by atoms with Crippen LogP contribution in [0.5, 0.6) is 0 Å². The fourth-order valence-corrected chi connectivity index (χ4v) is 2.95. The van der Waals surface area contributed by atoms with Crippen LogP contribution in [-0.4, -0.2) is 36.0 Å². The van der Waals surface area contributed by atoms with Crippen LogP contribution in [0.25, 0.3) is 0 Å². The molecule has 7 nitrogen and oxygen atoms in total. The summed E-state index contributed by atoms with van der Waals surface area (Å²) in [4.78, 5) is 36.4. The van der Waals surface area contributed by atoms with E-state index in [-0.39, 0.29) is 30.4 Å².